The summed E-state index contributed by atoms with van der Waals surface area (Å²) in [6.07, 6.45) is 2.22. The number of piperidine rings is 1. The van der Waals surface area contributed by atoms with Crippen LogP contribution >= 0.6 is 0 Å². The molecule has 1 aromatic rings. The van der Waals surface area contributed by atoms with Crippen LogP contribution in [0.15, 0.2) is 30.3 Å². The highest BCUT2D eigenvalue weighted by Crippen LogP contribution is 2.22. The van der Waals surface area contributed by atoms with E-state index in [0.29, 0.717) is 18.6 Å². The summed E-state index contributed by atoms with van der Waals surface area (Å²) in [5.74, 6) is 0.586. The first-order valence-corrected chi connectivity index (χ1v) is 7.00. The van der Waals surface area contributed by atoms with E-state index in [2.05, 4.69) is 5.32 Å². The predicted molar refractivity (Wildman–Crippen MR) is 72.7 cm³/mol. The lowest BCUT2D eigenvalue weighted by atomic mass is 9.97. The van der Waals surface area contributed by atoms with E-state index < -0.39 is 0 Å². The van der Waals surface area contributed by atoms with Gasteiger partial charge in [-0.2, -0.15) is 0 Å². The van der Waals surface area contributed by atoms with E-state index in [4.69, 9.17) is 4.74 Å². The van der Waals surface area contributed by atoms with Crippen molar-refractivity contribution in [2.75, 3.05) is 19.6 Å². The van der Waals surface area contributed by atoms with E-state index in [-0.39, 0.29) is 6.09 Å². The van der Waals surface area contributed by atoms with Crippen molar-refractivity contribution in [3.63, 3.8) is 0 Å². The van der Waals surface area contributed by atoms with E-state index in [1.165, 1.54) is 12.8 Å². The molecule has 4 nitrogen and oxygen atoms in total. The minimum Gasteiger partial charge on any atom is -0.445 e. The molecular formula is C15H20N2O2. The second-order valence-electron chi connectivity index (χ2n) is 5.49. The van der Waals surface area contributed by atoms with Crippen molar-refractivity contribution in [3.8, 4) is 0 Å². The molecule has 102 valence electrons. The van der Waals surface area contributed by atoms with Gasteiger partial charge >= 0.3 is 6.09 Å². The number of hydrogen-bond acceptors (Lipinski definition) is 3. The van der Waals surface area contributed by atoms with Crippen LogP contribution in [0.2, 0.25) is 0 Å². The van der Waals surface area contributed by atoms with Crippen LogP contribution in [0.25, 0.3) is 0 Å². The van der Waals surface area contributed by atoms with Gasteiger partial charge in [0.1, 0.15) is 6.61 Å². The van der Waals surface area contributed by atoms with Crippen LogP contribution in [0.5, 0.6) is 0 Å². The molecule has 3 saturated heterocycles. The molecule has 0 radical (unpaired) electrons. The Bertz CT molecular complexity index is 413. The highest BCUT2D eigenvalue weighted by Gasteiger charge is 2.31. The molecule has 3 aliphatic heterocycles. The quantitative estimate of drug-likeness (QED) is 0.884. The Kier molecular flexibility index (Phi) is 3.69. The Hall–Kier alpha value is -1.55. The molecule has 4 rings (SSSR count). The Labute approximate surface area is 113 Å². The summed E-state index contributed by atoms with van der Waals surface area (Å²) in [5.41, 5.74) is 1.03. The van der Waals surface area contributed by atoms with Crippen LogP contribution in [-0.4, -0.2) is 36.7 Å². The molecule has 0 aliphatic carbocycles. The monoisotopic (exact) mass is 260 g/mol. The molecule has 4 heteroatoms. The van der Waals surface area contributed by atoms with Gasteiger partial charge < -0.3 is 15.0 Å². The molecule has 0 saturated carbocycles. The van der Waals surface area contributed by atoms with Gasteiger partial charge in [-0.05, 0) is 30.9 Å². The van der Waals surface area contributed by atoms with Crippen LogP contribution in [-0.2, 0) is 11.3 Å². The third-order valence-corrected chi connectivity index (χ3v) is 4.00. The Morgan fingerprint density at radius 2 is 2.11 bits per heavy atom. The third kappa shape index (κ3) is 3.07. The average molecular weight is 260 g/mol. The normalized spacial score (nSPS) is 26.0. The van der Waals surface area contributed by atoms with Crippen LogP contribution in [0.3, 0.4) is 0 Å². The fourth-order valence-electron chi connectivity index (χ4n) is 2.90. The zero-order valence-corrected chi connectivity index (χ0v) is 11.0. The fourth-order valence-corrected chi connectivity index (χ4v) is 2.90. The number of nitrogens with one attached hydrogen (secondary N) is 1. The van der Waals surface area contributed by atoms with Gasteiger partial charge in [-0.15, -0.1) is 0 Å². The van der Waals surface area contributed by atoms with Gasteiger partial charge in [0.2, 0.25) is 0 Å². The van der Waals surface area contributed by atoms with Crippen molar-refractivity contribution in [1.29, 1.82) is 0 Å². The molecule has 1 aromatic carbocycles. The maximum Gasteiger partial charge on any atom is 0.410 e. The van der Waals surface area contributed by atoms with Crippen molar-refractivity contribution < 1.29 is 9.53 Å². The van der Waals surface area contributed by atoms with Gasteiger partial charge in [-0.1, -0.05) is 30.3 Å². The van der Waals surface area contributed by atoms with E-state index in [0.717, 1.165) is 25.2 Å². The lowest BCUT2D eigenvalue weighted by Crippen LogP contribution is -2.40. The average Bonchev–Trinajstić information content (AvgIpc) is 2.79. The van der Waals surface area contributed by atoms with Gasteiger partial charge in [0.25, 0.3) is 0 Å². The number of nitrogens with zero attached hydrogens (tertiary/aromatic N) is 1. The van der Waals surface area contributed by atoms with Crippen LogP contribution in [0, 0.1) is 5.92 Å². The molecule has 19 heavy (non-hydrogen) atoms. The van der Waals surface area contributed by atoms with Crippen molar-refractivity contribution >= 4 is 6.09 Å². The van der Waals surface area contributed by atoms with Crippen molar-refractivity contribution in [1.82, 2.24) is 10.2 Å². The zero-order valence-electron chi connectivity index (χ0n) is 11.0. The number of rotatable bonds is 2. The molecule has 0 aromatic heterocycles. The highest BCUT2D eigenvalue weighted by molar-refractivity contribution is 5.67. The fraction of sp³-hybridized carbons (Fsp3) is 0.533. The second kappa shape index (κ2) is 5.61. The molecule has 3 heterocycles. The predicted octanol–water partition coefficient (Wildman–Crippen LogP) is 2.01. The summed E-state index contributed by atoms with van der Waals surface area (Å²) in [6, 6.07) is 10.3. The number of fused-ring (bicyclic) bond motifs is 4. The van der Waals surface area contributed by atoms with Crippen LogP contribution < -0.4 is 5.32 Å². The number of ether oxygens (including phenoxy) is 1. The molecule has 0 spiro atoms. The maximum absolute atomic E-state index is 12.1. The van der Waals surface area contributed by atoms with Crippen molar-refractivity contribution in [3.05, 3.63) is 35.9 Å². The van der Waals surface area contributed by atoms with Gasteiger partial charge in [-0.25, -0.2) is 4.79 Å². The zero-order chi connectivity index (χ0) is 13.1. The number of carbonyl (C=O) groups excluding carboxylic acids is 1. The van der Waals surface area contributed by atoms with E-state index in [1.54, 1.807) is 0 Å². The largest absolute Gasteiger partial charge is 0.445 e. The Morgan fingerprint density at radius 1 is 1.26 bits per heavy atom. The van der Waals surface area contributed by atoms with E-state index >= 15 is 0 Å². The minimum atomic E-state index is -0.176. The molecular weight excluding hydrogens is 240 g/mol. The molecule has 1 N–H and O–H groups in total. The maximum atomic E-state index is 12.1. The van der Waals surface area contributed by atoms with Crippen LogP contribution in [0.1, 0.15) is 18.4 Å². The first kappa shape index (κ1) is 12.5. The smallest absolute Gasteiger partial charge is 0.410 e. The molecule has 3 aliphatic rings. The lowest BCUT2D eigenvalue weighted by molar-refractivity contribution is 0.0947. The van der Waals surface area contributed by atoms with Crippen LogP contribution in [0.4, 0.5) is 4.79 Å². The van der Waals surface area contributed by atoms with Gasteiger partial charge in [0.15, 0.2) is 0 Å². The molecule has 3 fully saturated rings. The summed E-state index contributed by atoms with van der Waals surface area (Å²) >= 11 is 0. The first-order chi connectivity index (χ1) is 9.31. The second-order valence-corrected chi connectivity index (χ2v) is 5.49. The van der Waals surface area contributed by atoms with Crippen molar-refractivity contribution in [2.24, 2.45) is 5.92 Å². The number of carbonyl (C=O) groups is 1. The number of hydrogen-bond donors (Lipinski definition) is 1. The van der Waals surface area contributed by atoms with Crippen molar-refractivity contribution in [2.45, 2.75) is 25.5 Å². The summed E-state index contributed by atoms with van der Waals surface area (Å²) in [7, 11) is 0. The third-order valence-electron chi connectivity index (χ3n) is 4.00. The molecule has 1 amide bonds. The Balaban J connectivity index is 1.55. The SMILES string of the molecule is O=C(OCc1ccccc1)N1C[C@@H]2CC[C@H](C1)NC2. The lowest BCUT2D eigenvalue weighted by Gasteiger charge is -2.22. The molecule has 0 unspecified atom stereocenters. The van der Waals surface area contributed by atoms with Gasteiger partial charge in [0, 0.05) is 19.1 Å². The topological polar surface area (TPSA) is 41.6 Å². The van der Waals surface area contributed by atoms with Gasteiger partial charge in [-0.3, -0.25) is 0 Å². The van der Waals surface area contributed by atoms with Gasteiger partial charge in [0.05, 0.1) is 0 Å². The van der Waals surface area contributed by atoms with E-state index in [1.807, 2.05) is 35.2 Å². The Morgan fingerprint density at radius 3 is 2.84 bits per heavy atom. The molecule has 2 atom stereocenters. The summed E-state index contributed by atoms with van der Waals surface area (Å²) in [6.45, 7) is 3.01. The minimum absolute atomic E-state index is 0.176. The summed E-state index contributed by atoms with van der Waals surface area (Å²) < 4.78 is 5.41. The van der Waals surface area contributed by atoms with E-state index in [9.17, 15) is 4.79 Å². The first-order valence-electron chi connectivity index (χ1n) is 7.00. The number of benzene rings is 1. The summed E-state index contributed by atoms with van der Waals surface area (Å²) in [4.78, 5) is 14.0. The summed E-state index contributed by atoms with van der Waals surface area (Å²) in [5, 5.41) is 3.49. The highest BCUT2D eigenvalue weighted by atomic mass is 16.6. The standard InChI is InChI=1S/C15H20N2O2/c18-15(19-11-12-4-2-1-3-5-12)17-9-13-6-7-14(10-17)16-8-13/h1-5,13-14,16H,6-11H2/t13-,14-/m1/s1. The molecule has 2 bridgehead atoms. The number of amides is 1.